The van der Waals surface area contributed by atoms with Crippen LogP contribution in [0, 0.1) is 0 Å². The molecule has 3 N–H and O–H groups in total. The van der Waals surface area contributed by atoms with E-state index in [1.165, 1.54) is 17.7 Å². The molecule has 1 aromatic carbocycles. The van der Waals surface area contributed by atoms with Crippen molar-refractivity contribution in [1.29, 1.82) is 0 Å². The van der Waals surface area contributed by atoms with Crippen LogP contribution in [0.1, 0.15) is 18.5 Å². The van der Waals surface area contributed by atoms with Gasteiger partial charge in [0.05, 0.1) is 12.1 Å². The summed E-state index contributed by atoms with van der Waals surface area (Å²) in [7, 11) is 0. The van der Waals surface area contributed by atoms with Crippen LogP contribution < -0.4 is 14.8 Å². The van der Waals surface area contributed by atoms with Crippen LogP contribution in [-0.4, -0.2) is 0 Å². The van der Waals surface area contributed by atoms with Gasteiger partial charge in [0.2, 0.25) is 0 Å². The van der Waals surface area contributed by atoms with E-state index in [1.807, 2.05) is 12.3 Å². The van der Waals surface area contributed by atoms with Gasteiger partial charge in [0.15, 0.2) is 0 Å². The van der Waals surface area contributed by atoms with Crippen LogP contribution >= 0.6 is 12.1 Å². The van der Waals surface area contributed by atoms with Crippen LogP contribution in [0.5, 0.6) is 0 Å². The van der Waals surface area contributed by atoms with Gasteiger partial charge in [0.25, 0.3) is 0 Å². The standard InChI is InChI=1S/C10H13N3S/c1-8(9-5-3-2-4-6-9)12-10-7-11-14-13-10/h2-8,11-13H,1H3. The average Bonchev–Trinajstić information content (AvgIpc) is 2.72. The summed E-state index contributed by atoms with van der Waals surface area (Å²) in [6.07, 6.45) is 1.92. The van der Waals surface area contributed by atoms with Crippen molar-refractivity contribution >= 4 is 12.1 Å². The molecular formula is C10H13N3S. The van der Waals surface area contributed by atoms with Crippen molar-refractivity contribution in [1.82, 2.24) is 14.8 Å². The minimum Gasteiger partial charge on any atom is -0.363 e. The molecule has 74 valence electrons. The molecule has 1 aromatic rings. The van der Waals surface area contributed by atoms with Crippen molar-refractivity contribution in [3.8, 4) is 0 Å². The molecule has 1 aliphatic rings. The molecule has 2 rings (SSSR count). The second-order valence-corrected chi connectivity index (χ2v) is 3.80. The van der Waals surface area contributed by atoms with Crippen molar-refractivity contribution < 1.29 is 0 Å². The molecule has 0 aromatic heterocycles. The van der Waals surface area contributed by atoms with Gasteiger partial charge in [0.1, 0.15) is 5.82 Å². The van der Waals surface area contributed by atoms with Gasteiger partial charge in [-0.15, -0.1) is 0 Å². The zero-order valence-corrected chi connectivity index (χ0v) is 8.77. The van der Waals surface area contributed by atoms with Crippen LogP contribution in [0.15, 0.2) is 42.4 Å². The Morgan fingerprint density at radius 1 is 1.29 bits per heavy atom. The molecule has 0 saturated heterocycles. The molecule has 1 heterocycles. The summed E-state index contributed by atoms with van der Waals surface area (Å²) in [4.78, 5) is 0. The SMILES string of the molecule is CC(NC1=CNSN1)c1ccccc1. The molecule has 0 saturated carbocycles. The summed E-state index contributed by atoms with van der Waals surface area (Å²) < 4.78 is 6.12. The molecule has 0 bridgehead atoms. The summed E-state index contributed by atoms with van der Waals surface area (Å²) >= 11 is 1.46. The third-order valence-electron chi connectivity index (χ3n) is 2.09. The smallest absolute Gasteiger partial charge is 0.128 e. The Morgan fingerprint density at radius 2 is 2.07 bits per heavy atom. The number of rotatable bonds is 3. The van der Waals surface area contributed by atoms with Crippen molar-refractivity contribution in [2.75, 3.05) is 0 Å². The Morgan fingerprint density at radius 3 is 2.71 bits per heavy atom. The quantitative estimate of drug-likeness (QED) is 0.662. The molecule has 4 heteroatoms. The topological polar surface area (TPSA) is 36.1 Å². The minimum absolute atomic E-state index is 0.315. The van der Waals surface area contributed by atoms with Gasteiger partial charge in [-0.05, 0) is 12.5 Å². The summed E-state index contributed by atoms with van der Waals surface area (Å²) in [6.45, 7) is 2.14. The van der Waals surface area contributed by atoms with Crippen LogP contribution in [-0.2, 0) is 0 Å². The van der Waals surface area contributed by atoms with Crippen LogP contribution in [0.4, 0.5) is 0 Å². The summed E-state index contributed by atoms with van der Waals surface area (Å²) in [5.41, 5.74) is 1.28. The maximum atomic E-state index is 3.36. The van der Waals surface area contributed by atoms with Crippen LogP contribution in [0.2, 0.25) is 0 Å². The molecule has 14 heavy (non-hydrogen) atoms. The lowest BCUT2D eigenvalue weighted by atomic mass is 10.1. The molecule has 0 spiro atoms. The molecule has 1 atom stereocenters. The average molecular weight is 207 g/mol. The van der Waals surface area contributed by atoms with Gasteiger partial charge in [0, 0.05) is 12.2 Å². The Kier molecular flexibility index (Phi) is 2.84. The number of hydrogen-bond acceptors (Lipinski definition) is 4. The highest BCUT2D eigenvalue weighted by molar-refractivity contribution is 7.95. The zero-order chi connectivity index (χ0) is 9.80. The highest BCUT2D eigenvalue weighted by atomic mass is 32.2. The Bertz CT molecular complexity index is 323. The Hall–Kier alpha value is -1.29. The third-order valence-corrected chi connectivity index (χ3v) is 2.65. The first-order valence-electron chi connectivity index (χ1n) is 4.55. The maximum Gasteiger partial charge on any atom is 0.128 e. The molecule has 1 aliphatic heterocycles. The summed E-state index contributed by atoms with van der Waals surface area (Å²) in [5, 5.41) is 3.36. The van der Waals surface area contributed by atoms with Crippen LogP contribution in [0.3, 0.4) is 0 Å². The predicted molar refractivity (Wildman–Crippen MR) is 59.9 cm³/mol. The van der Waals surface area contributed by atoms with E-state index >= 15 is 0 Å². The molecule has 1 unspecified atom stereocenters. The van der Waals surface area contributed by atoms with E-state index in [0.717, 1.165) is 5.82 Å². The van der Waals surface area contributed by atoms with Gasteiger partial charge in [-0.2, -0.15) is 0 Å². The number of hydrogen-bond donors (Lipinski definition) is 3. The maximum absolute atomic E-state index is 3.36. The van der Waals surface area contributed by atoms with Gasteiger partial charge in [-0.3, -0.25) is 4.72 Å². The molecule has 0 radical (unpaired) electrons. The lowest BCUT2D eigenvalue weighted by molar-refractivity contribution is 0.640. The van der Waals surface area contributed by atoms with E-state index in [4.69, 9.17) is 0 Å². The summed E-state index contributed by atoms with van der Waals surface area (Å²) in [5.74, 6) is 1.02. The van der Waals surface area contributed by atoms with E-state index in [0.29, 0.717) is 6.04 Å². The first kappa shape index (κ1) is 9.27. The van der Waals surface area contributed by atoms with E-state index in [-0.39, 0.29) is 0 Å². The molecular weight excluding hydrogens is 194 g/mol. The monoisotopic (exact) mass is 207 g/mol. The fourth-order valence-electron chi connectivity index (χ4n) is 1.33. The van der Waals surface area contributed by atoms with Crippen molar-refractivity contribution in [3.63, 3.8) is 0 Å². The largest absolute Gasteiger partial charge is 0.363 e. The van der Waals surface area contributed by atoms with Gasteiger partial charge in [-0.25, -0.2) is 0 Å². The second-order valence-electron chi connectivity index (χ2n) is 3.16. The van der Waals surface area contributed by atoms with Gasteiger partial charge >= 0.3 is 0 Å². The highest BCUT2D eigenvalue weighted by Gasteiger charge is 2.08. The van der Waals surface area contributed by atoms with E-state index < -0.39 is 0 Å². The molecule has 0 fully saturated rings. The fraction of sp³-hybridized carbons (Fsp3) is 0.200. The second kappa shape index (κ2) is 4.28. The number of nitrogens with one attached hydrogen (secondary N) is 3. The zero-order valence-electron chi connectivity index (χ0n) is 7.95. The van der Waals surface area contributed by atoms with Crippen molar-refractivity contribution in [3.05, 3.63) is 47.9 Å². The molecule has 0 aliphatic carbocycles. The predicted octanol–water partition coefficient (Wildman–Crippen LogP) is 1.89. The van der Waals surface area contributed by atoms with E-state index in [1.54, 1.807) is 0 Å². The normalized spacial score (nSPS) is 16.5. The van der Waals surface area contributed by atoms with Crippen molar-refractivity contribution in [2.24, 2.45) is 0 Å². The van der Waals surface area contributed by atoms with E-state index in [2.05, 4.69) is 46.0 Å². The van der Waals surface area contributed by atoms with Crippen LogP contribution in [0.25, 0.3) is 0 Å². The fourth-order valence-corrected chi connectivity index (χ4v) is 1.80. The number of benzene rings is 1. The third kappa shape index (κ3) is 2.14. The van der Waals surface area contributed by atoms with Gasteiger partial charge in [-0.1, -0.05) is 30.3 Å². The Labute approximate surface area is 88.2 Å². The molecule has 3 nitrogen and oxygen atoms in total. The first-order valence-corrected chi connectivity index (χ1v) is 5.37. The lowest BCUT2D eigenvalue weighted by Crippen LogP contribution is -2.22. The summed E-state index contributed by atoms with van der Waals surface area (Å²) in [6, 6.07) is 10.7. The minimum atomic E-state index is 0.315. The van der Waals surface area contributed by atoms with Gasteiger partial charge < -0.3 is 10.0 Å². The highest BCUT2D eigenvalue weighted by Crippen LogP contribution is 2.13. The Balaban J connectivity index is 1.99. The van der Waals surface area contributed by atoms with Crippen molar-refractivity contribution in [2.45, 2.75) is 13.0 Å². The van der Waals surface area contributed by atoms with E-state index in [9.17, 15) is 0 Å². The lowest BCUT2D eigenvalue weighted by Gasteiger charge is -2.15. The molecule has 0 amide bonds. The first-order chi connectivity index (χ1) is 6.86.